The Bertz CT molecular complexity index is 643. The maximum Gasteiger partial charge on any atom is 0.417 e. The lowest BCUT2D eigenvalue weighted by atomic mass is 10.3. The van der Waals surface area contributed by atoms with Crippen LogP contribution in [0.15, 0.2) is 48.5 Å². The number of hydrogen-bond donors (Lipinski definition) is 1. The van der Waals surface area contributed by atoms with Gasteiger partial charge in [0, 0.05) is 16.8 Å². The molecule has 6 nitrogen and oxygen atoms in total. The highest BCUT2D eigenvalue weighted by molar-refractivity contribution is 6.30. The number of hydrogen-bond acceptors (Lipinski definition) is 4. The fourth-order valence-electron chi connectivity index (χ4n) is 1.44. The van der Waals surface area contributed by atoms with Gasteiger partial charge in [0.25, 0.3) is 5.69 Å². The smallest absolute Gasteiger partial charge is 0.410 e. The number of benzene rings is 2. The lowest BCUT2D eigenvalue weighted by Gasteiger charge is -2.06. The maximum atomic E-state index is 11.6. The van der Waals surface area contributed by atoms with Crippen LogP contribution in [-0.2, 0) is 0 Å². The molecule has 20 heavy (non-hydrogen) atoms. The molecule has 102 valence electrons. The molecule has 0 aliphatic heterocycles. The Labute approximate surface area is 119 Å². The van der Waals surface area contributed by atoms with E-state index in [1.54, 1.807) is 24.3 Å². The first-order valence-corrected chi connectivity index (χ1v) is 5.91. The molecule has 2 rings (SSSR count). The van der Waals surface area contributed by atoms with E-state index in [1.807, 2.05) is 0 Å². The van der Waals surface area contributed by atoms with Gasteiger partial charge in [0.05, 0.1) is 11.0 Å². The van der Waals surface area contributed by atoms with Crippen LogP contribution < -0.4 is 10.1 Å². The molecule has 0 spiro atoms. The molecule has 0 atom stereocenters. The molecule has 2 aromatic rings. The van der Waals surface area contributed by atoms with Crippen molar-refractivity contribution in [3.8, 4) is 5.75 Å². The summed E-state index contributed by atoms with van der Waals surface area (Å²) < 4.78 is 4.95. The highest BCUT2D eigenvalue weighted by Crippen LogP contribution is 2.20. The molecule has 0 aliphatic rings. The quantitative estimate of drug-likeness (QED) is 0.688. The number of nitro groups is 1. The van der Waals surface area contributed by atoms with E-state index >= 15 is 0 Å². The third-order valence-corrected chi connectivity index (χ3v) is 2.58. The van der Waals surface area contributed by atoms with Gasteiger partial charge in [-0.15, -0.1) is 0 Å². The van der Waals surface area contributed by atoms with Crippen molar-refractivity contribution in [3.05, 3.63) is 63.7 Å². The number of halogens is 1. The second-order valence-electron chi connectivity index (χ2n) is 3.78. The van der Waals surface area contributed by atoms with Crippen LogP contribution in [-0.4, -0.2) is 11.0 Å². The molecule has 0 radical (unpaired) electrons. The van der Waals surface area contributed by atoms with Crippen molar-refractivity contribution in [2.24, 2.45) is 0 Å². The number of nitrogens with zero attached hydrogens (tertiary/aromatic N) is 1. The Morgan fingerprint density at radius 2 is 1.90 bits per heavy atom. The lowest BCUT2D eigenvalue weighted by molar-refractivity contribution is -0.384. The molecule has 0 fully saturated rings. The molecule has 0 aliphatic carbocycles. The molecule has 1 N–H and O–H groups in total. The second kappa shape index (κ2) is 6.03. The summed E-state index contributed by atoms with van der Waals surface area (Å²) >= 11 is 5.72. The molecule has 0 saturated carbocycles. The number of amides is 1. The molecule has 2 aromatic carbocycles. The predicted octanol–water partition coefficient (Wildman–Crippen LogP) is 3.86. The fraction of sp³-hybridized carbons (Fsp3) is 0. The normalized spacial score (nSPS) is 9.85. The van der Waals surface area contributed by atoms with Crippen LogP contribution in [0.25, 0.3) is 0 Å². The summed E-state index contributed by atoms with van der Waals surface area (Å²) in [4.78, 5) is 21.6. The summed E-state index contributed by atoms with van der Waals surface area (Å²) in [5.41, 5.74) is 0.353. The standard InChI is InChI=1S/C13H9ClN2O4/c14-9-4-6-10(7-5-9)15-13(17)20-12-3-1-2-11(8-12)16(18)19/h1-8H,(H,15,17). The monoisotopic (exact) mass is 292 g/mol. The van der Waals surface area contributed by atoms with Crippen LogP contribution in [0.5, 0.6) is 5.75 Å². The number of nitrogens with one attached hydrogen (secondary N) is 1. The molecule has 0 aromatic heterocycles. The summed E-state index contributed by atoms with van der Waals surface area (Å²) in [6, 6.07) is 11.8. The van der Waals surface area contributed by atoms with Crippen molar-refractivity contribution in [3.63, 3.8) is 0 Å². The zero-order valence-corrected chi connectivity index (χ0v) is 10.8. The van der Waals surface area contributed by atoms with Gasteiger partial charge in [-0.05, 0) is 30.3 Å². The predicted molar refractivity (Wildman–Crippen MR) is 74.2 cm³/mol. The van der Waals surface area contributed by atoms with E-state index in [0.29, 0.717) is 10.7 Å². The van der Waals surface area contributed by atoms with E-state index in [9.17, 15) is 14.9 Å². The van der Waals surface area contributed by atoms with E-state index in [-0.39, 0.29) is 11.4 Å². The van der Waals surface area contributed by atoms with Gasteiger partial charge in [-0.1, -0.05) is 17.7 Å². The Kier molecular flexibility index (Phi) is 4.17. The van der Waals surface area contributed by atoms with E-state index in [4.69, 9.17) is 16.3 Å². The SMILES string of the molecule is O=C(Nc1ccc(Cl)cc1)Oc1cccc([N+](=O)[O-])c1. The minimum atomic E-state index is -0.743. The number of anilines is 1. The van der Waals surface area contributed by atoms with Gasteiger partial charge >= 0.3 is 6.09 Å². The topological polar surface area (TPSA) is 81.5 Å². The Morgan fingerprint density at radius 1 is 1.20 bits per heavy atom. The van der Waals surface area contributed by atoms with Crippen molar-refractivity contribution in [2.75, 3.05) is 5.32 Å². The van der Waals surface area contributed by atoms with Gasteiger partial charge in [0.15, 0.2) is 0 Å². The molecular weight excluding hydrogens is 284 g/mol. The number of rotatable bonds is 3. The first kappa shape index (κ1) is 13.8. The number of carbonyl (C=O) groups excluding carboxylic acids is 1. The van der Waals surface area contributed by atoms with Gasteiger partial charge in [-0.25, -0.2) is 4.79 Å². The summed E-state index contributed by atoms with van der Waals surface area (Å²) in [7, 11) is 0. The number of ether oxygens (including phenoxy) is 1. The number of carbonyl (C=O) groups is 1. The highest BCUT2D eigenvalue weighted by atomic mass is 35.5. The summed E-state index contributed by atoms with van der Waals surface area (Å²) in [6.45, 7) is 0. The highest BCUT2D eigenvalue weighted by Gasteiger charge is 2.10. The fourth-order valence-corrected chi connectivity index (χ4v) is 1.57. The van der Waals surface area contributed by atoms with E-state index < -0.39 is 11.0 Å². The minimum absolute atomic E-state index is 0.0886. The molecule has 0 unspecified atom stereocenters. The Balaban J connectivity index is 2.02. The minimum Gasteiger partial charge on any atom is -0.410 e. The molecule has 0 bridgehead atoms. The van der Waals surface area contributed by atoms with Crippen molar-refractivity contribution in [1.29, 1.82) is 0 Å². The average Bonchev–Trinajstić information content (AvgIpc) is 2.41. The summed E-state index contributed by atoms with van der Waals surface area (Å²) in [5, 5.41) is 13.6. The third kappa shape index (κ3) is 3.69. The molecule has 1 amide bonds. The van der Waals surface area contributed by atoms with Gasteiger partial charge in [-0.3, -0.25) is 15.4 Å². The average molecular weight is 293 g/mol. The van der Waals surface area contributed by atoms with Gasteiger partial charge in [0.2, 0.25) is 0 Å². The van der Waals surface area contributed by atoms with Crippen molar-refractivity contribution in [2.45, 2.75) is 0 Å². The van der Waals surface area contributed by atoms with Gasteiger partial charge in [0.1, 0.15) is 5.75 Å². The zero-order chi connectivity index (χ0) is 14.5. The number of nitro benzene ring substituents is 1. The van der Waals surface area contributed by atoms with E-state index in [0.717, 1.165) is 0 Å². The molecule has 7 heteroatoms. The molecule has 0 heterocycles. The van der Waals surface area contributed by atoms with Gasteiger partial charge in [-0.2, -0.15) is 0 Å². The van der Waals surface area contributed by atoms with Crippen molar-refractivity contribution in [1.82, 2.24) is 0 Å². The number of non-ortho nitro benzene ring substituents is 1. The second-order valence-corrected chi connectivity index (χ2v) is 4.21. The summed E-state index contributed by atoms with van der Waals surface area (Å²) in [6.07, 6.45) is -0.743. The molecule has 0 saturated heterocycles. The zero-order valence-electron chi connectivity index (χ0n) is 10.1. The lowest BCUT2D eigenvalue weighted by Crippen LogP contribution is -2.16. The van der Waals surface area contributed by atoms with Crippen molar-refractivity contribution < 1.29 is 14.5 Å². The van der Waals surface area contributed by atoms with Gasteiger partial charge < -0.3 is 4.74 Å². The van der Waals surface area contributed by atoms with E-state index in [1.165, 1.54) is 24.3 Å². The van der Waals surface area contributed by atoms with Crippen LogP contribution >= 0.6 is 11.6 Å². The van der Waals surface area contributed by atoms with Crippen LogP contribution in [0.1, 0.15) is 0 Å². The Hall–Kier alpha value is -2.60. The maximum absolute atomic E-state index is 11.6. The van der Waals surface area contributed by atoms with Crippen molar-refractivity contribution >= 4 is 29.1 Å². The van der Waals surface area contributed by atoms with E-state index in [2.05, 4.69) is 5.32 Å². The third-order valence-electron chi connectivity index (χ3n) is 2.33. The summed E-state index contributed by atoms with van der Waals surface area (Å²) in [5.74, 6) is 0.0886. The van der Waals surface area contributed by atoms with Crippen LogP contribution in [0.4, 0.5) is 16.2 Å². The first-order chi connectivity index (χ1) is 9.54. The van der Waals surface area contributed by atoms with Crippen LogP contribution in [0, 0.1) is 10.1 Å². The van der Waals surface area contributed by atoms with Crippen LogP contribution in [0.3, 0.4) is 0 Å². The largest absolute Gasteiger partial charge is 0.417 e. The molecular formula is C13H9ClN2O4. The first-order valence-electron chi connectivity index (χ1n) is 5.53. The van der Waals surface area contributed by atoms with Crippen LogP contribution in [0.2, 0.25) is 5.02 Å². The Morgan fingerprint density at radius 3 is 2.55 bits per heavy atom.